The molecule has 0 radical (unpaired) electrons. The summed E-state index contributed by atoms with van der Waals surface area (Å²) in [5.74, 6) is -0.479. The van der Waals surface area contributed by atoms with E-state index in [4.69, 9.17) is 38.0 Å². The Labute approximate surface area is 125 Å². The van der Waals surface area contributed by atoms with Crippen molar-refractivity contribution in [1.82, 2.24) is 0 Å². The molecule has 0 aromatic rings. The first-order valence-electron chi connectivity index (χ1n) is 6.22. The molecule has 0 heterocycles. The third-order valence-electron chi connectivity index (χ3n) is 2.53. The van der Waals surface area contributed by atoms with Crippen molar-refractivity contribution in [2.24, 2.45) is 0 Å². The van der Waals surface area contributed by atoms with Gasteiger partial charge in [0.05, 0.1) is 0 Å². The van der Waals surface area contributed by atoms with E-state index in [1.807, 2.05) is 0 Å². The van der Waals surface area contributed by atoms with Crippen LogP contribution in [0.2, 0.25) is 0 Å². The van der Waals surface area contributed by atoms with Gasteiger partial charge < -0.3 is 4.74 Å². The van der Waals surface area contributed by atoms with Crippen LogP contribution in [0.5, 0.6) is 0 Å². The lowest BCUT2D eigenvalue weighted by Crippen LogP contribution is -2.36. The second-order valence-corrected chi connectivity index (χ2v) is 13.3. The van der Waals surface area contributed by atoms with Gasteiger partial charge in [0.15, 0.2) is 0 Å². The van der Waals surface area contributed by atoms with Gasteiger partial charge in [0.25, 0.3) is 0 Å². The number of rotatable bonds is 9. The Balaban J connectivity index is 4.17. The molecule has 6 heteroatoms. The quantitative estimate of drug-likeness (QED) is 0.195. The zero-order valence-electron chi connectivity index (χ0n) is 11.0. The minimum absolute atomic E-state index is 0.328. The van der Waals surface area contributed by atoms with Crippen molar-refractivity contribution in [3.05, 3.63) is 12.2 Å². The van der Waals surface area contributed by atoms with E-state index >= 15 is 0 Å². The molecule has 0 aromatic carbocycles. The first-order valence-corrected chi connectivity index (χ1v) is 11.3. The van der Waals surface area contributed by atoms with Crippen LogP contribution in [0, 0.1) is 0 Å². The van der Waals surface area contributed by atoms with Crippen LogP contribution in [0.4, 0.5) is 0 Å². The van der Waals surface area contributed by atoms with E-state index in [0.717, 1.165) is 12.8 Å². The largest absolute Gasteiger partial charge is 0.458 e. The van der Waals surface area contributed by atoms with Gasteiger partial charge in [0.1, 0.15) is 5.73 Å². The molecule has 18 heavy (non-hydrogen) atoms. The Bertz CT molecular complexity index is 277. The maximum atomic E-state index is 11.5. The summed E-state index contributed by atoms with van der Waals surface area (Å²) in [5, 5.41) is 0. The highest BCUT2D eigenvalue weighted by molar-refractivity contribution is 7.65. The minimum atomic E-state index is -3.03. The molecule has 0 rings (SSSR count). The van der Waals surface area contributed by atoms with E-state index in [-0.39, 0.29) is 0 Å². The van der Waals surface area contributed by atoms with Gasteiger partial charge in [-0.05, 0) is 19.8 Å². The van der Waals surface area contributed by atoms with E-state index in [9.17, 15) is 4.79 Å². The second-order valence-electron chi connectivity index (χ2n) is 4.42. The molecular formula is C12H21Cl3O2Si. The van der Waals surface area contributed by atoms with Crippen molar-refractivity contribution in [3.8, 4) is 0 Å². The van der Waals surface area contributed by atoms with Crippen molar-refractivity contribution >= 4 is 45.2 Å². The molecule has 0 N–H and O–H groups in total. The topological polar surface area (TPSA) is 26.3 Å². The molecular weight excluding hydrogens is 311 g/mol. The highest BCUT2D eigenvalue weighted by Gasteiger charge is 2.39. The minimum Gasteiger partial charge on any atom is -0.458 e. The fraction of sp³-hybridized carbons (Fsp3) is 0.750. The molecule has 0 aliphatic carbocycles. The lowest BCUT2D eigenvalue weighted by molar-refractivity contribution is -0.141. The average Bonchev–Trinajstić information content (AvgIpc) is 2.25. The van der Waals surface area contributed by atoms with Crippen molar-refractivity contribution in [2.45, 2.75) is 58.1 Å². The van der Waals surface area contributed by atoms with Gasteiger partial charge in [-0.1, -0.05) is 39.2 Å². The van der Waals surface area contributed by atoms with Gasteiger partial charge in [-0.25, -0.2) is 4.79 Å². The van der Waals surface area contributed by atoms with Crippen molar-refractivity contribution in [1.29, 1.82) is 0 Å². The molecule has 0 bridgehead atoms. The molecule has 106 valence electrons. The van der Waals surface area contributed by atoms with E-state index in [1.165, 1.54) is 19.3 Å². The van der Waals surface area contributed by atoms with Crippen molar-refractivity contribution < 1.29 is 9.53 Å². The van der Waals surface area contributed by atoms with Crippen LogP contribution in [0.15, 0.2) is 12.2 Å². The standard InChI is InChI=1S/C12H21Cl3O2Si/c1-4-5-6-7-8-9-11(18(13,14)15)17-12(16)10(2)3/h11H,2,4-9H2,1,3H3. The van der Waals surface area contributed by atoms with E-state index < -0.39 is 17.7 Å². The smallest absolute Gasteiger partial charge is 0.381 e. The summed E-state index contributed by atoms with van der Waals surface area (Å²) < 4.78 is 5.21. The Kier molecular flexibility index (Phi) is 9.39. The fourth-order valence-electron chi connectivity index (χ4n) is 1.45. The van der Waals surface area contributed by atoms with Crippen molar-refractivity contribution in [2.75, 3.05) is 0 Å². The summed E-state index contributed by atoms with van der Waals surface area (Å²) in [4.78, 5) is 11.5. The average molecular weight is 332 g/mol. The van der Waals surface area contributed by atoms with Crippen LogP contribution in [0.1, 0.15) is 52.4 Å². The molecule has 0 spiro atoms. The van der Waals surface area contributed by atoms with E-state index in [0.29, 0.717) is 12.0 Å². The first-order chi connectivity index (χ1) is 8.29. The van der Waals surface area contributed by atoms with Crippen LogP contribution >= 0.6 is 33.2 Å². The number of unbranched alkanes of at least 4 members (excludes halogenated alkanes) is 4. The first kappa shape index (κ1) is 18.3. The zero-order valence-corrected chi connectivity index (χ0v) is 14.2. The number of halogens is 3. The summed E-state index contributed by atoms with van der Waals surface area (Å²) in [6.45, 7) is 7.26. The number of carbonyl (C=O) groups excluding carboxylic acids is 1. The summed E-state index contributed by atoms with van der Waals surface area (Å²) >= 11 is 17.9. The van der Waals surface area contributed by atoms with Crippen LogP contribution < -0.4 is 0 Å². The third-order valence-corrected chi connectivity index (χ3v) is 5.86. The van der Waals surface area contributed by atoms with Crippen LogP contribution in [0.3, 0.4) is 0 Å². The second kappa shape index (κ2) is 9.24. The molecule has 1 atom stereocenters. The molecule has 0 aliphatic heterocycles. The summed E-state index contributed by atoms with van der Waals surface area (Å²) in [6.07, 6.45) is 6.17. The van der Waals surface area contributed by atoms with Gasteiger partial charge in [0, 0.05) is 5.57 Å². The molecule has 0 fully saturated rings. The molecule has 1 unspecified atom stereocenters. The van der Waals surface area contributed by atoms with Gasteiger partial charge in [-0.3, -0.25) is 0 Å². The fourth-order valence-corrected chi connectivity index (χ4v) is 3.61. The Morgan fingerprint density at radius 3 is 2.22 bits per heavy atom. The molecule has 0 saturated heterocycles. The monoisotopic (exact) mass is 330 g/mol. The SMILES string of the molecule is C=C(C)C(=O)OC(CCCCCCC)[Si](Cl)(Cl)Cl. The highest BCUT2D eigenvalue weighted by Crippen LogP contribution is 2.30. The maximum absolute atomic E-state index is 11.5. The Morgan fingerprint density at radius 1 is 1.22 bits per heavy atom. The van der Waals surface area contributed by atoms with E-state index in [2.05, 4.69) is 13.5 Å². The highest BCUT2D eigenvalue weighted by atomic mass is 35.8. The third kappa shape index (κ3) is 8.41. The number of esters is 1. The maximum Gasteiger partial charge on any atom is 0.381 e. The van der Waals surface area contributed by atoms with E-state index in [1.54, 1.807) is 6.92 Å². The van der Waals surface area contributed by atoms with Gasteiger partial charge in [-0.2, -0.15) is 0 Å². The molecule has 0 saturated carbocycles. The molecule has 0 aliphatic rings. The van der Waals surface area contributed by atoms with Crippen LogP contribution in [0.25, 0.3) is 0 Å². The molecule has 0 aromatic heterocycles. The Morgan fingerprint density at radius 2 is 1.78 bits per heavy atom. The van der Waals surface area contributed by atoms with Gasteiger partial charge >= 0.3 is 12.0 Å². The van der Waals surface area contributed by atoms with Gasteiger partial charge in [-0.15, -0.1) is 33.2 Å². The summed E-state index contributed by atoms with van der Waals surface area (Å²) in [7, 11) is 0. The predicted molar refractivity (Wildman–Crippen MR) is 81.4 cm³/mol. The van der Waals surface area contributed by atoms with Crippen LogP contribution in [-0.4, -0.2) is 17.7 Å². The number of hydrogen-bond acceptors (Lipinski definition) is 2. The predicted octanol–water partition coefficient (Wildman–Crippen LogP) is 5.03. The number of hydrogen-bond donors (Lipinski definition) is 0. The zero-order chi connectivity index (χ0) is 14.2. The number of carbonyl (C=O) groups is 1. The number of ether oxygens (including phenoxy) is 1. The van der Waals surface area contributed by atoms with Crippen molar-refractivity contribution in [3.63, 3.8) is 0 Å². The lowest BCUT2D eigenvalue weighted by atomic mass is 10.1. The summed E-state index contributed by atoms with van der Waals surface area (Å²) in [6, 6.07) is -3.03. The molecule has 0 amide bonds. The normalized spacial score (nSPS) is 13.2. The van der Waals surface area contributed by atoms with Gasteiger partial charge in [0.2, 0.25) is 0 Å². The summed E-state index contributed by atoms with van der Waals surface area (Å²) in [5.41, 5.74) is -0.248. The van der Waals surface area contributed by atoms with Crippen LogP contribution in [-0.2, 0) is 9.53 Å². The lowest BCUT2D eigenvalue weighted by Gasteiger charge is -2.22. The molecule has 2 nitrogen and oxygen atoms in total. The Hall–Kier alpha value is 0.297.